The van der Waals surface area contributed by atoms with Crippen molar-refractivity contribution >= 4 is 23.9 Å². The van der Waals surface area contributed by atoms with Gasteiger partial charge in [-0.2, -0.15) is 0 Å². The normalized spacial score (nSPS) is 25.2. The molecule has 0 saturated carbocycles. The predicted octanol–water partition coefficient (Wildman–Crippen LogP) is 1.29. The molecule has 1 heterocycles. The van der Waals surface area contributed by atoms with Crippen LogP contribution in [0.5, 0.6) is 0 Å². The van der Waals surface area contributed by atoms with E-state index in [2.05, 4.69) is 0 Å². The summed E-state index contributed by atoms with van der Waals surface area (Å²) in [6, 6.07) is 9.14. The molecular weight excluding hydrogens is 412 g/mol. The Morgan fingerprint density at radius 2 is 1.32 bits per heavy atom. The molecule has 0 unspecified atom stereocenters. The minimum Gasteiger partial charge on any atom is -0.463 e. The van der Waals surface area contributed by atoms with Gasteiger partial charge in [0.25, 0.3) is 0 Å². The molecule has 5 atom stereocenters. The summed E-state index contributed by atoms with van der Waals surface area (Å²) >= 11 is 0. The van der Waals surface area contributed by atoms with E-state index in [1.165, 1.54) is 13.8 Å². The molecule has 31 heavy (non-hydrogen) atoms. The first-order valence-corrected chi connectivity index (χ1v) is 9.63. The van der Waals surface area contributed by atoms with Crippen LogP contribution in [0.1, 0.15) is 33.3 Å². The Morgan fingerprint density at radius 1 is 0.774 bits per heavy atom. The fourth-order valence-corrected chi connectivity index (χ4v) is 3.08. The first kappa shape index (κ1) is 24.3. The largest absolute Gasteiger partial charge is 0.463 e. The number of carbonyl (C=O) groups is 4. The summed E-state index contributed by atoms with van der Waals surface area (Å²) in [5, 5.41) is 0. The van der Waals surface area contributed by atoms with Crippen LogP contribution in [-0.2, 0) is 54.2 Å². The lowest BCUT2D eigenvalue weighted by Crippen LogP contribution is -2.62. The van der Waals surface area contributed by atoms with Crippen molar-refractivity contribution < 1.29 is 47.6 Å². The van der Waals surface area contributed by atoms with E-state index in [0.717, 1.165) is 19.4 Å². The van der Waals surface area contributed by atoms with Gasteiger partial charge in [-0.25, -0.2) is 0 Å². The zero-order valence-electron chi connectivity index (χ0n) is 17.8. The fourth-order valence-electron chi connectivity index (χ4n) is 3.08. The van der Waals surface area contributed by atoms with Crippen LogP contribution in [0.3, 0.4) is 0 Å². The van der Waals surface area contributed by atoms with Gasteiger partial charge in [0, 0.05) is 27.7 Å². The molecule has 0 spiro atoms. The molecule has 10 heteroatoms. The van der Waals surface area contributed by atoms with E-state index in [1.807, 2.05) is 30.3 Å². The molecule has 1 fully saturated rings. The number of esters is 4. The molecule has 1 aromatic carbocycles. The molecule has 0 aromatic heterocycles. The van der Waals surface area contributed by atoms with Crippen molar-refractivity contribution in [2.45, 2.75) is 65.0 Å². The summed E-state index contributed by atoms with van der Waals surface area (Å²) in [6.07, 6.45) is -5.92. The van der Waals surface area contributed by atoms with E-state index in [4.69, 9.17) is 28.4 Å². The molecule has 0 amide bonds. The Balaban J connectivity index is 2.35. The van der Waals surface area contributed by atoms with Crippen molar-refractivity contribution in [3.63, 3.8) is 0 Å². The third-order valence-electron chi connectivity index (χ3n) is 4.21. The van der Waals surface area contributed by atoms with Gasteiger partial charge in [-0.05, 0) is 5.56 Å². The van der Waals surface area contributed by atoms with Gasteiger partial charge in [0.1, 0.15) is 12.7 Å². The summed E-state index contributed by atoms with van der Waals surface area (Å²) in [4.78, 5) is 46.5. The highest BCUT2D eigenvalue weighted by Crippen LogP contribution is 2.30. The van der Waals surface area contributed by atoms with E-state index in [-0.39, 0.29) is 13.2 Å². The van der Waals surface area contributed by atoms with Gasteiger partial charge in [0.05, 0.1) is 6.61 Å². The molecule has 1 aliphatic heterocycles. The van der Waals surface area contributed by atoms with Gasteiger partial charge in [-0.1, -0.05) is 30.3 Å². The summed E-state index contributed by atoms with van der Waals surface area (Å²) < 4.78 is 32.6. The van der Waals surface area contributed by atoms with E-state index in [0.29, 0.717) is 0 Å². The molecule has 1 saturated heterocycles. The van der Waals surface area contributed by atoms with E-state index in [1.54, 1.807) is 0 Å². The smallest absolute Gasteiger partial charge is 0.303 e. The summed E-state index contributed by atoms with van der Waals surface area (Å²) in [7, 11) is 0. The monoisotopic (exact) mass is 438 g/mol. The van der Waals surface area contributed by atoms with Gasteiger partial charge >= 0.3 is 23.9 Å². The van der Waals surface area contributed by atoms with Gasteiger partial charge in [0.15, 0.2) is 24.6 Å². The first-order chi connectivity index (χ1) is 14.7. The molecule has 0 aliphatic carbocycles. The number of hydrogen-bond acceptors (Lipinski definition) is 10. The highest BCUT2D eigenvalue weighted by molar-refractivity contribution is 5.68. The minimum atomic E-state index is -1.25. The van der Waals surface area contributed by atoms with Crippen molar-refractivity contribution in [1.82, 2.24) is 0 Å². The van der Waals surface area contributed by atoms with E-state index >= 15 is 0 Å². The number of rotatable bonds is 8. The zero-order chi connectivity index (χ0) is 23.0. The molecule has 1 aliphatic rings. The van der Waals surface area contributed by atoms with Gasteiger partial charge in [-0.15, -0.1) is 0 Å². The average Bonchev–Trinajstić information content (AvgIpc) is 2.68. The molecule has 2 rings (SSSR count). The predicted molar refractivity (Wildman–Crippen MR) is 103 cm³/mol. The van der Waals surface area contributed by atoms with Crippen LogP contribution in [0.25, 0.3) is 0 Å². The highest BCUT2D eigenvalue weighted by atomic mass is 16.7. The molecule has 0 N–H and O–H groups in total. The maximum atomic E-state index is 11.8. The minimum absolute atomic E-state index is 0.0918. The topological polar surface area (TPSA) is 124 Å². The second kappa shape index (κ2) is 11.4. The third-order valence-corrected chi connectivity index (χ3v) is 4.21. The third kappa shape index (κ3) is 7.65. The molecule has 1 aromatic rings. The molecule has 170 valence electrons. The SMILES string of the molecule is CC(=O)OC[C@@H]1O[C@@H](OCc2ccccc2)[C@@H](OC(C)=O)[C@H](OC(C)=O)[C@H]1OC(C)=O. The van der Waals surface area contributed by atoms with Crippen LogP contribution in [-0.4, -0.2) is 61.2 Å². The second-order valence-electron chi connectivity index (χ2n) is 6.86. The molecule has 0 bridgehead atoms. The van der Waals surface area contributed by atoms with E-state index < -0.39 is 54.6 Å². The van der Waals surface area contributed by atoms with Crippen LogP contribution in [0.4, 0.5) is 0 Å². The van der Waals surface area contributed by atoms with Crippen molar-refractivity contribution in [2.24, 2.45) is 0 Å². The number of ether oxygens (including phenoxy) is 6. The number of benzene rings is 1. The maximum Gasteiger partial charge on any atom is 0.303 e. The van der Waals surface area contributed by atoms with Crippen molar-refractivity contribution in [2.75, 3.05) is 6.61 Å². The summed E-state index contributed by atoms with van der Waals surface area (Å²) in [5.74, 6) is -2.66. The summed E-state index contributed by atoms with van der Waals surface area (Å²) in [5.41, 5.74) is 0.815. The van der Waals surface area contributed by atoms with Gasteiger partial charge in [-0.3, -0.25) is 19.2 Å². The molecule has 0 radical (unpaired) electrons. The molecular formula is C21H26O10. The standard InChI is InChI=1S/C21H26O10/c1-12(22)26-11-17-18(28-13(2)23)19(29-14(3)24)20(30-15(4)25)21(31-17)27-10-16-8-6-5-7-9-16/h5-9,17-21H,10-11H2,1-4H3/t17-,18-,19+,20-,21+/m0/s1. The Morgan fingerprint density at radius 3 is 1.87 bits per heavy atom. The Hall–Kier alpha value is -2.98. The quantitative estimate of drug-likeness (QED) is 0.433. The number of carbonyl (C=O) groups excluding carboxylic acids is 4. The average molecular weight is 438 g/mol. The lowest BCUT2D eigenvalue weighted by Gasteiger charge is -2.44. The van der Waals surface area contributed by atoms with Crippen molar-refractivity contribution in [1.29, 1.82) is 0 Å². The lowest BCUT2D eigenvalue weighted by molar-refractivity contribution is -0.310. The van der Waals surface area contributed by atoms with E-state index in [9.17, 15) is 19.2 Å². The van der Waals surface area contributed by atoms with Gasteiger partial charge < -0.3 is 28.4 Å². The van der Waals surface area contributed by atoms with Crippen LogP contribution in [0, 0.1) is 0 Å². The van der Waals surface area contributed by atoms with Crippen molar-refractivity contribution in [3.8, 4) is 0 Å². The zero-order valence-corrected chi connectivity index (χ0v) is 17.8. The number of hydrogen-bond donors (Lipinski definition) is 0. The Labute approximate surface area is 179 Å². The van der Waals surface area contributed by atoms with Crippen molar-refractivity contribution in [3.05, 3.63) is 35.9 Å². The first-order valence-electron chi connectivity index (χ1n) is 9.63. The summed E-state index contributed by atoms with van der Waals surface area (Å²) in [6.45, 7) is 4.49. The highest BCUT2D eigenvalue weighted by Gasteiger charge is 2.52. The van der Waals surface area contributed by atoms with Crippen LogP contribution >= 0.6 is 0 Å². The maximum absolute atomic E-state index is 11.8. The van der Waals surface area contributed by atoms with Crippen LogP contribution in [0.2, 0.25) is 0 Å². The van der Waals surface area contributed by atoms with Gasteiger partial charge in [0.2, 0.25) is 0 Å². The fraction of sp³-hybridized carbons (Fsp3) is 0.524. The second-order valence-corrected chi connectivity index (χ2v) is 6.86. The lowest BCUT2D eigenvalue weighted by atomic mass is 9.98. The van der Waals surface area contributed by atoms with Crippen LogP contribution in [0.15, 0.2) is 30.3 Å². The van der Waals surface area contributed by atoms with Crippen LogP contribution < -0.4 is 0 Å². The molecule has 10 nitrogen and oxygen atoms in total. The Kier molecular flexibility index (Phi) is 8.95. The Bertz CT molecular complexity index is 778.